The number of halogens is 2. The number of phosphoric acid groups is 1. The number of hydrogen-bond acceptors (Lipinski definition) is 5. The monoisotopic (exact) mass is 316 g/mol. The summed E-state index contributed by atoms with van der Waals surface area (Å²) in [6, 6.07) is 0. The minimum atomic E-state index is -3.75. The SMILES string of the molecule is CCOP(=O)(Oc1nn(C)c(Cl)c1Cl)OC(C)C. The minimum Gasteiger partial charge on any atom is -0.382 e. The smallest absolute Gasteiger partial charge is 0.382 e. The van der Waals surface area contributed by atoms with E-state index < -0.39 is 7.82 Å². The lowest BCUT2D eigenvalue weighted by Gasteiger charge is -2.18. The van der Waals surface area contributed by atoms with E-state index >= 15 is 0 Å². The Hall–Kier alpha value is -0.260. The molecule has 0 aromatic carbocycles. The maximum absolute atomic E-state index is 12.2. The molecule has 0 saturated heterocycles. The van der Waals surface area contributed by atoms with Gasteiger partial charge in [0.1, 0.15) is 10.2 Å². The van der Waals surface area contributed by atoms with Gasteiger partial charge < -0.3 is 4.52 Å². The van der Waals surface area contributed by atoms with Crippen molar-refractivity contribution < 1.29 is 18.1 Å². The van der Waals surface area contributed by atoms with Crippen molar-refractivity contribution in [3.05, 3.63) is 10.2 Å². The van der Waals surface area contributed by atoms with E-state index in [-0.39, 0.29) is 28.8 Å². The van der Waals surface area contributed by atoms with Gasteiger partial charge in [-0.25, -0.2) is 4.57 Å². The molecule has 9 heteroatoms. The van der Waals surface area contributed by atoms with E-state index in [2.05, 4.69) is 5.10 Å². The van der Waals surface area contributed by atoms with Gasteiger partial charge in [0.15, 0.2) is 0 Å². The first kappa shape index (κ1) is 15.8. The molecular weight excluding hydrogens is 302 g/mol. The molecule has 1 heterocycles. The number of hydrogen-bond donors (Lipinski definition) is 0. The van der Waals surface area contributed by atoms with Crippen LogP contribution in [0.3, 0.4) is 0 Å². The summed E-state index contributed by atoms with van der Waals surface area (Å²) < 4.78 is 28.8. The van der Waals surface area contributed by atoms with Crippen molar-refractivity contribution in [2.45, 2.75) is 26.9 Å². The molecule has 1 rings (SSSR count). The molecule has 1 aromatic rings. The van der Waals surface area contributed by atoms with Crippen molar-refractivity contribution >= 4 is 31.0 Å². The summed E-state index contributed by atoms with van der Waals surface area (Å²) in [5.74, 6) is -0.0819. The van der Waals surface area contributed by atoms with Crippen molar-refractivity contribution in [3.63, 3.8) is 0 Å². The van der Waals surface area contributed by atoms with Crippen LogP contribution in [-0.4, -0.2) is 22.5 Å². The van der Waals surface area contributed by atoms with Crippen LogP contribution >= 0.6 is 31.0 Å². The van der Waals surface area contributed by atoms with Crippen LogP contribution in [0.5, 0.6) is 5.88 Å². The Balaban J connectivity index is 2.96. The number of phosphoric ester groups is 1. The third kappa shape index (κ3) is 3.87. The standard InChI is InChI=1S/C9H15Cl2N2O4P/c1-5-15-18(14,16-6(2)3)17-9-7(10)8(11)13(4)12-9/h6H,5H2,1-4H3. The van der Waals surface area contributed by atoms with Crippen molar-refractivity contribution in [3.8, 4) is 5.88 Å². The lowest BCUT2D eigenvalue weighted by atomic mass is 10.5. The van der Waals surface area contributed by atoms with Gasteiger partial charge in [0.25, 0.3) is 5.88 Å². The van der Waals surface area contributed by atoms with Gasteiger partial charge in [-0.3, -0.25) is 13.7 Å². The largest absolute Gasteiger partial charge is 0.531 e. The minimum absolute atomic E-state index is 0.0615. The second-order valence-corrected chi connectivity index (χ2v) is 5.93. The number of aryl methyl sites for hydroxylation is 1. The summed E-state index contributed by atoms with van der Waals surface area (Å²) in [4.78, 5) is 0. The molecule has 1 atom stereocenters. The lowest BCUT2D eigenvalue weighted by molar-refractivity contribution is 0.129. The molecular formula is C9H15Cl2N2O4P. The Labute approximate surface area is 116 Å². The molecule has 0 aliphatic rings. The molecule has 104 valence electrons. The third-order valence-corrected chi connectivity index (χ3v) is 4.24. The molecule has 0 fully saturated rings. The van der Waals surface area contributed by atoms with E-state index in [0.29, 0.717) is 0 Å². The predicted molar refractivity (Wildman–Crippen MR) is 69.3 cm³/mol. The Bertz CT molecular complexity index is 464. The van der Waals surface area contributed by atoms with Crippen LogP contribution in [-0.2, 0) is 20.7 Å². The van der Waals surface area contributed by atoms with Crippen molar-refractivity contribution in [1.29, 1.82) is 0 Å². The van der Waals surface area contributed by atoms with Gasteiger partial charge in [-0.05, 0) is 20.8 Å². The highest BCUT2D eigenvalue weighted by Gasteiger charge is 2.32. The molecule has 0 N–H and O–H groups in total. The molecule has 0 radical (unpaired) electrons. The second kappa shape index (κ2) is 6.26. The van der Waals surface area contributed by atoms with E-state index in [0.717, 1.165) is 0 Å². The molecule has 0 bridgehead atoms. The Kier molecular flexibility index (Phi) is 5.49. The van der Waals surface area contributed by atoms with Gasteiger partial charge in [-0.15, -0.1) is 5.10 Å². The van der Waals surface area contributed by atoms with Crippen molar-refractivity contribution in [2.24, 2.45) is 7.05 Å². The summed E-state index contributed by atoms with van der Waals surface area (Å²) in [7, 11) is -2.17. The number of rotatable bonds is 6. The first-order valence-electron chi connectivity index (χ1n) is 5.29. The molecule has 1 aromatic heterocycles. The zero-order valence-corrected chi connectivity index (χ0v) is 12.9. The predicted octanol–water partition coefficient (Wildman–Crippen LogP) is 3.68. The average molecular weight is 317 g/mol. The molecule has 0 aliphatic carbocycles. The zero-order valence-electron chi connectivity index (χ0n) is 10.5. The summed E-state index contributed by atoms with van der Waals surface area (Å²) in [6.07, 6.45) is -0.333. The van der Waals surface area contributed by atoms with Gasteiger partial charge in [-0.2, -0.15) is 0 Å². The van der Waals surface area contributed by atoms with Crippen molar-refractivity contribution in [2.75, 3.05) is 6.61 Å². The highest BCUT2D eigenvalue weighted by molar-refractivity contribution is 7.49. The highest BCUT2D eigenvalue weighted by Crippen LogP contribution is 2.51. The van der Waals surface area contributed by atoms with Crippen LogP contribution in [0.15, 0.2) is 0 Å². The third-order valence-electron chi connectivity index (χ3n) is 1.72. The zero-order chi connectivity index (χ0) is 13.9. The van der Waals surface area contributed by atoms with Crippen molar-refractivity contribution in [1.82, 2.24) is 9.78 Å². The summed E-state index contributed by atoms with van der Waals surface area (Å²) >= 11 is 11.7. The first-order chi connectivity index (χ1) is 8.29. The highest BCUT2D eigenvalue weighted by atomic mass is 35.5. The van der Waals surface area contributed by atoms with Gasteiger partial charge in [0, 0.05) is 7.05 Å². The fraction of sp³-hybridized carbons (Fsp3) is 0.667. The van der Waals surface area contributed by atoms with Crippen LogP contribution in [0, 0.1) is 0 Å². The average Bonchev–Trinajstić information content (AvgIpc) is 2.45. The van der Waals surface area contributed by atoms with Crippen LogP contribution in [0.4, 0.5) is 0 Å². The number of aromatic nitrogens is 2. The molecule has 0 aliphatic heterocycles. The second-order valence-electron chi connectivity index (χ2n) is 3.64. The Morgan fingerprint density at radius 1 is 1.44 bits per heavy atom. The molecule has 18 heavy (non-hydrogen) atoms. The summed E-state index contributed by atoms with van der Waals surface area (Å²) in [5.41, 5.74) is 0. The maximum Gasteiger partial charge on any atom is 0.531 e. The van der Waals surface area contributed by atoms with Crippen LogP contribution < -0.4 is 4.52 Å². The molecule has 0 saturated carbocycles. The fourth-order valence-electron chi connectivity index (χ4n) is 1.11. The Morgan fingerprint density at radius 2 is 2.06 bits per heavy atom. The first-order valence-corrected chi connectivity index (χ1v) is 7.51. The Morgan fingerprint density at radius 3 is 2.44 bits per heavy atom. The van der Waals surface area contributed by atoms with E-state index in [1.807, 2.05) is 0 Å². The fourth-order valence-corrected chi connectivity index (χ4v) is 2.81. The van der Waals surface area contributed by atoms with Gasteiger partial charge >= 0.3 is 7.82 Å². The molecule has 0 amide bonds. The van der Waals surface area contributed by atoms with E-state index in [1.54, 1.807) is 27.8 Å². The van der Waals surface area contributed by atoms with Gasteiger partial charge in [0.05, 0.1) is 12.7 Å². The summed E-state index contributed by atoms with van der Waals surface area (Å²) in [5, 5.41) is 4.12. The van der Waals surface area contributed by atoms with Crippen LogP contribution in [0.25, 0.3) is 0 Å². The van der Waals surface area contributed by atoms with Crippen LogP contribution in [0.1, 0.15) is 20.8 Å². The maximum atomic E-state index is 12.2. The van der Waals surface area contributed by atoms with Crippen LogP contribution in [0.2, 0.25) is 10.2 Å². The quantitative estimate of drug-likeness (QED) is 0.749. The number of nitrogens with zero attached hydrogens (tertiary/aromatic N) is 2. The van der Waals surface area contributed by atoms with E-state index in [4.69, 9.17) is 36.8 Å². The van der Waals surface area contributed by atoms with Gasteiger partial charge in [-0.1, -0.05) is 23.2 Å². The lowest BCUT2D eigenvalue weighted by Crippen LogP contribution is -2.08. The molecule has 6 nitrogen and oxygen atoms in total. The molecule has 0 spiro atoms. The van der Waals surface area contributed by atoms with E-state index in [9.17, 15) is 4.57 Å². The summed E-state index contributed by atoms with van der Waals surface area (Å²) in [6.45, 7) is 5.26. The molecule has 1 unspecified atom stereocenters. The van der Waals surface area contributed by atoms with Gasteiger partial charge in [0.2, 0.25) is 0 Å². The van der Waals surface area contributed by atoms with E-state index in [1.165, 1.54) is 4.68 Å². The topological polar surface area (TPSA) is 62.6 Å². The normalized spacial score (nSPS) is 14.8.